The summed E-state index contributed by atoms with van der Waals surface area (Å²) in [6, 6.07) is 1.52. The number of nitrogens with zero attached hydrogens (tertiary/aromatic N) is 2. The van der Waals surface area contributed by atoms with Gasteiger partial charge in [-0.2, -0.15) is 13.2 Å². The lowest BCUT2D eigenvalue weighted by molar-refractivity contribution is -0.135. The Balaban J connectivity index is 1.92. The van der Waals surface area contributed by atoms with Crippen molar-refractivity contribution in [3.63, 3.8) is 0 Å². The first-order chi connectivity index (χ1) is 9.37. The minimum Gasteiger partial charge on any atom is -0.359 e. The maximum atomic E-state index is 12.0. The van der Waals surface area contributed by atoms with Crippen molar-refractivity contribution in [2.75, 3.05) is 19.6 Å². The molecule has 1 amide bonds. The molecule has 5 nitrogen and oxygen atoms in total. The van der Waals surface area contributed by atoms with Crippen LogP contribution in [0.25, 0.3) is 0 Å². The van der Waals surface area contributed by atoms with Crippen LogP contribution in [0.3, 0.4) is 0 Å². The Hall–Kier alpha value is -1.57. The zero-order valence-corrected chi connectivity index (χ0v) is 11.0. The Morgan fingerprint density at radius 1 is 1.60 bits per heavy atom. The fraction of sp³-hybridized carbons (Fsp3) is 0.667. The normalized spacial score (nSPS) is 19.6. The predicted molar refractivity (Wildman–Crippen MR) is 63.9 cm³/mol. The molecule has 0 radical (unpaired) electrons. The summed E-state index contributed by atoms with van der Waals surface area (Å²) in [5.74, 6) is 0.231. The first-order valence-corrected chi connectivity index (χ1v) is 6.37. The standard InChI is InChI=1S/C12H16F3N3O2/c1-8-5-10(20-17-8)9-3-2-4-18(9)11(19)6-16-7-12(13,14)15/h5,9,16H,2-4,6-7H2,1H3. The molecular formula is C12H16F3N3O2. The third kappa shape index (κ3) is 3.72. The summed E-state index contributed by atoms with van der Waals surface area (Å²) < 4.78 is 41.2. The summed E-state index contributed by atoms with van der Waals surface area (Å²) >= 11 is 0. The van der Waals surface area contributed by atoms with Crippen LogP contribution in [-0.2, 0) is 4.79 Å². The molecular weight excluding hydrogens is 275 g/mol. The maximum absolute atomic E-state index is 12.0. The van der Waals surface area contributed by atoms with Crippen molar-refractivity contribution in [2.24, 2.45) is 0 Å². The number of aryl methyl sites for hydroxylation is 1. The highest BCUT2D eigenvalue weighted by molar-refractivity contribution is 5.79. The van der Waals surface area contributed by atoms with E-state index < -0.39 is 12.7 Å². The lowest BCUT2D eigenvalue weighted by atomic mass is 10.1. The first kappa shape index (κ1) is 14.8. The van der Waals surface area contributed by atoms with Gasteiger partial charge >= 0.3 is 6.18 Å². The lowest BCUT2D eigenvalue weighted by Crippen LogP contribution is -2.40. The summed E-state index contributed by atoms with van der Waals surface area (Å²) in [6.07, 6.45) is -2.78. The third-order valence-corrected chi connectivity index (χ3v) is 3.15. The molecule has 1 fully saturated rings. The largest absolute Gasteiger partial charge is 0.401 e. The number of nitrogens with one attached hydrogen (secondary N) is 1. The Morgan fingerprint density at radius 2 is 2.35 bits per heavy atom. The Labute approximate surface area is 114 Å². The van der Waals surface area contributed by atoms with Crippen molar-refractivity contribution < 1.29 is 22.5 Å². The molecule has 0 bridgehead atoms. The topological polar surface area (TPSA) is 58.4 Å². The van der Waals surface area contributed by atoms with Crippen LogP contribution in [0.2, 0.25) is 0 Å². The van der Waals surface area contributed by atoms with Gasteiger partial charge in [-0.3, -0.25) is 4.79 Å². The second kappa shape index (κ2) is 5.82. The zero-order valence-electron chi connectivity index (χ0n) is 11.0. The van der Waals surface area contributed by atoms with E-state index in [0.717, 1.165) is 18.5 Å². The number of rotatable bonds is 4. The van der Waals surface area contributed by atoms with Gasteiger partial charge < -0.3 is 14.7 Å². The van der Waals surface area contributed by atoms with Crippen LogP contribution >= 0.6 is 0 Å². The molecule has 1 atom stereocenters. The molecule has 2 heterocycles. The molecule has 1 unspecified atom stereocenters. The SMILES string of the molecule is Cc1cc(C2CCCN2C(=O)CNCC(F)(F)F)on1. The van der Waals surface area contributed by atoms with Crippen LogP contribution in [0.5, 0.6) is 0 Å². The van der Waals surface area contributed by atoms with E-state index in [1.165, 1.54) is 0 Å². The van der Waals surface area contributed by atoms with Gasteiger partial charge in [0.05, 0.1) is 24.8 Å². The van der Waals surface area contributed by atoms with Crippen molar-refractivity contribution in [3.05, 3.63) is 17.5 Å². The maximum Gasteiger partial charge on any atom is 0.401 e. The first-order valence-electron chi connectivity index (χ1n) is 6.37. The second-order valence-electron chi connectivity index (χ2n) is 4.83. The molecule has 2 rings (SSSR count). The van der Waals surface area contributed by atoms with Crippen LogP contribution < -0.4 is 5.32 Å². The molecule has 1 aromatic heterocycles. The van der Waals surface area contributed by atoms with Crippen molar-refractivity contribution in [1.29, 1.82) is 0 Å². The van der Waals surface area contributed by atoms with Gasteiger partial charge in [-0.1, -0.05) is 5.16 Å². The molecule has 1 aromatic rings. The second-order valence-corrected chi connectivity index (χ2v) is 4.83. The van der Waals surface area contributed by atoms with Crippen molar-refractivity contribution in [3.8, 4) is 0 Å². The number of carbonyl (C=O) groups is 1. The molecule has 0 aliphatic carbocycles. The average molecular weight is 291 g/mol. The van der Waals surface area contributed by atoms with Gasteiger partial charge in [0.25, 0.3) is 0 Å². The zero-order chi connectivity index (χ0) is 14.8. The van der Waals surface area contributed by atoms with E-state index in [9.17, 15) is 18.0 Å². The van der Waals surface area contributed by atoms with Crippen LogP contribution in [0, 0.1) is 6.92 Å². The highest BCUT2D eigenvalue weighted by Gasteiger charge is 2.33. The van der Waals surface area contributed by atoms with Crippen molar-refractivity contribution >= 4 is 5.91 Å². The molecule has 8 heteroatoms. The van der Waals surface area contributed by atoms with Gasteiger partial charge in [0.15, 0.2) is 5.76 Å². The van der Waals surface area contributed by atoms with Gasteiger partial charge in [0.2, 0.25) is 5.91 Å². The third-order valence-electron chi connectivity index (χ3n) is 3.15. The van der Waals surface area contributed by atoms with Crippen LogP contribution in [0.4, 0.5) is 13.2 Å². The van der Waals surface area contributed by atoms with E-state index >= 15 is 0 Å². The summed E-state index contributed by atoms with van der Waals surface area (Å²) in [7, 11) is 0. The molecule has 1 aliphatic rings. The van der Waals surface area contributed by atoms with Crippen molar-refractivity contribution in [2.45, 2.75) is 32.0 Å². The Bertz CT molecular complexity index is 473. The Kier molecular flexibility index (Phi) is 4.32. The quantitative estimate of drug-likeness (QED) is 0.919. The molecule has 1 saturated heterocycles. The molecule has 0 saturated carbocycles. The number of carbonyl (C=O) groups excluding carboxylic acids is 1. The molecule has 0 aromatic carbocycles. The van der Waals surface area contributed by atoms with E-state index in [2.05, 4.69) is 10.5 Å². The summed E-state index contributed by atoms with van der Waals surface area (Å²) in [5, 5.41) is 5.89. The van der Waals surface area contributed by atoms with Gasteiger partial charge in [-0.15, -0.1) is 0 Å². The van der Waals surface area contributed by atoms with E-state index in [4.69, 9.17) is 4.52 Å². The molecule has 1 aliphatic heterocycles. The minimum atomic E-state index is -4.31. The lowest BCUT2D eigenvalue weighted by Gasteiger charge is -2.23. The fourth-order valence-corrected chi connectivity index (χ4v) is 2.31. The number of amides is 1. The predicted octanol–water partition coefficient (Wildman–Crippen LogP) is 1.80. The molecule has 112 valence electrons. The fourth-order valence-electron chi connectivity index (χ4n) is 2.31. The van der Waals surface area contributed by atoms with Crippen LogP contribution in [-0.4, -0.2) is 41.8 Å². The average Bonchev–Trinajstić information content (AvgIpc) is 2.94. The van der Waals surface area contributed by atoms with Gasteiger partial charge in [0.1, 0.15) is 0 Å². The summed E-state index contributed by atoms with van der Waals surface area (Å²) in [4.78, 5) is 13.5. The van der Waals surface area contributed by atoms with E-state index in [0.29, 0.717) is 12.3 Å². The van der Waals surface area contributed by atoms with Crippen LogP contribution in [0.15, 0.2) is 10.6 Å². The molecule has 1 N–H and O–H groups in total. The smallest absolute Gasteiger partial charge is 0.359 e. The van der Waals surface area contributed by atoms with E-state index in [1.54, 1.807) is 17.9 Å². The molecule has 0 spiro atoms. The van der Waals surface area contributed by atoms with Crippen LogP contribution in [0.1, 0.15) is 30.3 Å². The number of alkyl halides is 3. The number of aromatic nitrogens is 1. The monoisotopic (exact) mass is 291 g/mol. The minimum absolute atomic E-state index is 0.226. The van der Waals surface area contributed by atoms with E-state index in [1.807, 2.05) is 0 Å². The highest BCUT2D eigenvalue weighted by Crippen LogP contribution is 2.32. The summed E-state index contributed by atoms with van der Waals surface area (Å²) in [6.45, 7) is 0.803. The number of likely N-dealkylation sites (tertiary alicyclic amines) is 1. The number of hydrogen-bond acceptors (Lipinski definition) is 4. The van der Waals surface area contributed by atoms with Crippen molar-refractivity contribution in [1.82, 2.24) is 15.4 Å². The van der Waals surface area contributed by atoms with Gasteiger partial charge in [0, 0.05) is 12.6 Å². The summed E-state index contributed by atoms with van der Waals surface area (Å²) in [5.41, 5.74) is 0.717. The number of hydrogen-bond donors (Lipinski definition) is 1. The van der Waals surface area contributed by atoms with Gasteiger partial charge in [-0.05, 0) is 19.8 Å². The number of halogens is 3. The van der Waals surface area contributed by atoms with E-state index in [-0.39, 0.29) is 18.5 Å². The Morgan fingerprint density at radius 3 is 2.95 bits per heavy atom. The molecule has 20 heavy (non-hydrogen) atoms. The highest BCUT2D eigenvalue weighted by atomic mass is 19.4. The van der Waals surface area contributed by atoms with Gasteiger partial charge in [-0.25, -0.2) is 0 Å².